The van der Waals surface area contributed by atoms with Gasteiger partial charge in [-0.2, -0.15) is 0 Å². The van der Waals surface area contributed by atoms with Crippen LogP contribution < -0.4 is 4.74 Å². The number of rotatable bonds is 4. The number of hydrogen-bond acceptors (Lipinski definition) is 3. The quantitative estimate of drug-likeness (QED) is 0.744. The van der Waals surface area contributed by atoms with E-state index in [0.29, 0.717) is 17.4 Å². The van der Waals surface area contributed by atoms with Gasteiger partial charge < -0.3 is 9.47 Å². The molecule has 0 aliphatic rings. The second-order valence-electron chi connectivity index (χ2n) is 2.97. The monoisotopic (exact) mass is 228 g/mol. The summed E-state index contributed by atoms with van der Waals surface area (Å²) >= 11 is 5.77. The van der Waals surface area contributed by atoms with E-state index in [-0.39, 0.29) is 5.97 Å². The van der Waals surface area contributed by atoms with E-state index in [1.807, 2.05) is 0 Å². The largest absolute Gasteiger partial charge is 0.479 e. The van der Waals surface area contributed by atoms with E-state index in [4.69, 9.17) is 21.1 Å². The molecule has 0 aliphatic heterocycles. The van der Waals surface area contributed by atoms with E-state index in [9.17, 15) is 4.79 Å². The Hall–Kier alpha value is -1.22. The Balaban J connectivity index is 2.58. The summed E-state index contributed by atoms with van der Waals surface area (Å²) in [5.74, 6) is 0.181. The molecule has 0 amide bonds. The third-order valence-corrected chi connectivity index (χ3v) is 1.96. The van der Waals surface area contributed by atoms with Crippen LogP contribution >= 0.6 is 11.6 Å². The number of ether oxygens (including phenoxy) is 2. The van der Waals surface area contributed by atoms with Crippen LogP contribution in [0.1, 0.15) is 13.8 Å². The van der Waals surface area contributed by atoms with Crippen LogP contribution in [0.15, 0.2) is 24.3 Å². The Bertz CT molecular complexity index is 338. The molecule has 0 saturated heterocycles. The number of esters is 1. The first kappa shape index (κ1) is 11.9. The number of halogens is 1. The van der Waals surface area contributed by atoms with Gasteiger partial charge >= 0.3 is 5.97 Å². The Kier molecular flexibility index (Phi) is 4.43. The van der Waals surface area contributed by atoms with Crippen LogP contribution in [0.25, 0.3) is 0 Å². The van der Waals surface area contributed by atoms with Crippen molar-refractivity contribution in [1.82, 2.24) is 0 Å². The van der Waals surface area contributed by atoms with Gasteiger partial charge in [-0.25, -0.2) is 4.79 Å². The Labute approximate surface area is 93.9 Å². The van der Waals surface area contributed by atoms with Gasteiger partial charge in [-0.15, -0.1) is 0 Å². The van der Waals surface area contributed by atoms with Crippen LogP contribution in [0, 0.1) is 0 Å². The molecule has 1 aromatic rings. The third kappa shape index (κ3) is 3.80. The van der Waals surface area contributed by atoms with Crippen molar-refractivity contribution < 1.29 is 14.3 Å². The summed E-state index contributed by atoms with van der Waals surface area (Å²) in [5.41, 5.74) is 0. The lowest BCUT2D eigenvalue weighted by molar-refractivity contribution is -0.150. The predicted molar refractivity (Wildman–Crippen MR) is 58.2 cm³/mol. The second-order valence-corrected chi connectivity index (χ2v) is 3.41. The van der Waals surface area contributed by atoms with Gasteiger partial charge in [-0.05, 0) is 32.0 Å². The van der Waals surface area contributed by atoms with Gasteiger partial charge in [0.1, 0.15) is 5.75 Å². The topological polar surface area (TPSA) is 35.5 Å². The van der Waals surface area contributed by atoms with E-state index in [2.05, 4.69) is 0 Å². The standard InChI is InChI=1S/C11H13ClO3/c1-3-14-11(13)8(2)15-10-6-4-5-9(12)7-10/h4-8H,3H2,1-2H3/t8-/m1/s1. The lowest BCUT2D eigenvalue weighted by atomic mass is 10.3. The van der Waals surface area contributed by atoms with Crippen molar-refractivity contribution in [2.45, 2.75) is 20.0 Å². The molecular formula is C11H13ClO3. The van der Waals surface area contributed by atoms with Crippen molar-refractivity contribution in [2.24, 2.45) is 0 Å². The fourth-order valence-electron chi connectivity index (χ4n) is 1.05. The minimum atomic E-state index is -0.622. The molecule has 1 atom stereocenters. The maximum absolute atomic E-state index is 11.3. The van der Waals surface area contributed by atoms with Gasteiger partial charge in [0.05, 0.1) is 6.61 Å². The summed E-state index contributed by atoms with van der Waals surface area (Å²) in [7, 11) is 0. The number of carbonyl (C=O) groups is 1. The molecule has 0 saturated carbocycles. The highest BCUT2D eigenvalue weighted by atomic mass is 35.5. The first-order chi connectivity index (χ1) is 7.13. The first-order valence-electron chi connectivity index (χ1n) is 4.72. The molecule has 0 unspecified atom stereocenters. The lowest BCUT2D eigenvalue weighted by Crippen LogP contribution is -2.25. The van der Waals surface area contributed by atoms with Crippen molar-refractivity contribution in [3.8, 4) is 5.75 Å². The van der Waals surface area contributed by atoms with E-state index in [1.165, 1.54) is 0 Å². The lowest BCUT2D eigenvalue weighted by Gasteiger charge is -2.13. The van der Waals surface area contributed by atoms with Gasteiger partial charge in [0.25, 0.3) is 0 Å². The summed E-state index contributed by atoms with van der Waals surface area (Å²) in [6.07, 6.45) is -0.622. The molecule has 82 valence electrons. The SMILES string of the molecule is CCOC(=O)[C@@H](C)Oc1cccc(Cl)c1. The Morgan fingerprint density at radius 2 is 2.27 bits per heavy atom. The Morgan fingerprint density at radius 3 is 2.87 bits per heavy atom. The predicted octanol–water partition coefficient (Wildman–Crippen LogP) is 2.67. The number of carbonyl (C=O) groups excluding carboxylic acids is 1. The highest BCUT2D eigenvalue weighted by Gasteiger charge is 2.15. The van der Waals surface area contributed by atoms with Gasteiger partial charge in [0.2, 0.25) is 0 Å². The fourth-order valence-corrected chi connectivity index (χ4v) is 1.23. The zero-order valence-electron chi connectivity index (χ0n) is 8.70. The summed E-state index contributed by atoms with van der Waals surface area (Å²) in [5, 5.41) is 0.573. The second kappa shape index (κ2) is 5.61. The van der Waals surface area contributed by atoms with Crippen LogP contribution in [-0.4, -0.2) is 18.7 Å². The third-order valence-electron chi connectivity index (χ3n) is 1.73. The highest BCUT2D eigenvalue weighted by molar-refractivity contribution is 6.30. The fraction of sp³-hybridized carbons (Fsp3) is 0.364. The molecule has 15 heavy (non-hydrogen) atoms. The average Bonchev–Trinajstić information content (AvgIpc) is 2.18. The zero-order valence-corrected chi connectivity index (χ0v) is 9.45. The molecule has 0 heterocycles. The van der Waals surface area contributed by atoms with Gasteiger partial charge in [0, 0.05) is 5.02 Å². The van der Waals surface area contributed by atoms with Crippen LogP contribution in [0.2, 0.25) is 5.02 Å². The van der Waals surface area contributed by atoms with Gasteiger partial charge in [0.15, 0.2) is 6.10 Å². The number of hydrogen-bond donors (Lipinski definition) is 0. The van der Waals surface area contributed by atoms with E-state index >= 15 is 0 Å². The molecule has 0 aromatic heterocycles. The van der Waals surface area contributed by atoms with Crippen LogP contribution in [0.4, 0.5) is 0 Å². The van der Waals surface area contributed by atoms with E-state index < -0.39 is 6.10 Å². The molecule has 0 aliphatic carbocycles. The molecule has 0 radical (unpaired) electrons. The number of benzene rings is 1. The van der Waals surface area contributed by atoms with E-state index in [1.54, 1.807) is 38.1 Å². The molecule has 0 bridgehead atoms. The minimum absolute atomic E-state index is 0.349. The van der Waals surface area contributed by atoms with Gasteiger partial charge in [-0.1, -0.05) is 17.7 Å². The summed E-state index contributed by atoms with van der Waals surface area (Å²) < 4.78 is 10.2. The minimum Gasteiger partial charge on any atom is -0.479 e. The van der Waals surface area contributed by atoms with E-state index in [0.717, 1.165) is 0 Å². The van der Waals surface area contributed by atoms with Crippen LogP contribution in [-0.2, 0) is 9.53 Å². The molecule has 0 N–H and O–H groups in total. The van der Waals surface area contributed by atoms with Crippen LogP contribution in [0.3, 0.4) is 0 Å². The van der Waals surface area contributed by atoms with Crippen molar-refractivity contribution in [3.05, 3.63) is 29.3 Å². The summed E-state index contributed by atoms with van der Waals surface area (Å²) in [6, 6.07) is 6.89. The summed E-state index contributed by atoms with van der Waals surface area (Å²) in [6.45, 7) is 3.74. The molecule has 0 spiro atoms. The molecular weight excluding hydrogens is 216 g/mol. The molecule has 0 fully saturated rings. The smallest absolute Gasteiger partial charge is 0.347 e. The summed E-state index contributed by atoms with van der Waals surface area (Å²) in [4.78, 5) is 11.3. The molecule has 3 nitrogen and oxygen atoms in total. The van der Waals surface area contributed by atoms with Crippen molar-refractivity contribution in [2.75, 3.05) is 6.61 Å². The molecule has 1 rings (SSSR count). The van der Waals surface area contributed by atoms with Crippen LogP contribution in [0.5, 0.6) is 5.75 Å². The van der Waals surface area contributed by atoms with Crippen molar-refractivity contribution in [1.29, 1.82) is 0 Å². The molecule has 1 aromatic carbocycles. The van der Waals surface area contributed by atoms with Crippen molar-refractivity contribution in [3.63, 3.8) is 0 Å². The zero-order chi connectivity index (χ0) is 11.3. The highest BCUT2D eigenvalue weighted by Crippen LogP contribution is 2.18. The maximum atomic E-state index is 11.3. The Morgan fingerprint density at radius 1 is 1.53 bits per heavy atom. The average molecular weight is 229 g/mol. The maximum Gasteiger partial charge on any atom is 0.347 e. The molecule has 4 heteroatoms. The van der Waals surface area contributed by atoms with Crippen molar-refractivity contribution >= 4 is 17.6 Å². The normalized spacial score (nSPS) is 11.9. The van der Waals surface area contributed by atoms with Gasteiger partial charge in [-0.3, -0.25) is 0 Å². The first-order valence-corrected chi connectivity index (χ1v) is 5.10.